The molecule has 2 rings (SSSR count). The van der Waals surface area contributed by atoms with Crippen LogP contribution in [-0.4, -0.2) is 25.1 Å². The van der Waals surface area contributed by atoms with Gasteiger partial charge in [-0.3, -0.25) is 4.79 Å². The summed E-state index contributed by atoms with van der Waals surface area (Å²) in [6, 6.07) is 7.56. The van der Waals surface area contributed by atoms with Gasteiger partial charge in [0.25, 0.3) is 0 Å². The number of hydrogen-bond donors (Lipinski definition) is 1. The molecular formula is C19H23NO4S. The molecule has 0 atom stereocenters. The molecule has 1 aromatic carbocycles. The van der Waals surface area contributed by atoms with E-state index in [2.05, 4.69) is 12.2 Å². The SMILES string of the molecule is CCCOc1ccc(-c2csc(NC(=O)CC)c2C(=O)OCC)cc1. The van der Waals surface area contributed by atoms with E-state index in [1.54, 1.807) is 13.8 Å². The number of nitrogens with one attached hydrogen (secondary N) is 1. The maximum Gasteiger partial charge on any atom is 0.341 e. The topological polar surface area (TPSA) is 64.6 Å². The van der Waals surface area contributed by atoms with Crippen LogP contribution < -0.4 is 10.1 Å². The van der Waals surface area contributed by atoms with Crippen LogP contribution in [0.1, 0.15) is 44.0 Å². The first-order valence-electron chi connectivity index (χ1n) is 8.42. The highest BCUT2D eigenvalue weighted by Gasteiger charge is 2.22. The van der Waals surface area contributed by atoms with E-state index >= 15 is 0 Å². The summed E-state index contributed by atoms with van der Waals surface area (Å²) in [6.45, 7) is 6.52. The summed E-state index contributed by atoms with van der Waals surface area (Å²) in [5.74, 6) is 0.219. The molecule has 0 aliphatic heterocycles. The van der Waals surface area contributed by atoms with Gasteiger partial charge in [0.1, 0.15) is 16.3 Å². The Kier molecular flexibility index (Phi) is 7.01. The molecule has 2 aromatic rings. The van der Waals surface area contributed by atoms with Gasteiger partial charge in [-0.05, 0) is 31.0 Å². The Morgan fingerprint density at radius 2 is 1.84 bits per heavy atom. The molecule has 0 saturated carbocycles. The van der Waals surface area contributed by atoms with Gasteiger partial charge in [0.05, 0.1) is 13.2 Å². The van der Waals surface area contributed by atoms with Gasteiger partial charge in [0.2, 0.25) is 5.91 Å². The van der Waals surface area contributed by atoms with Crippen molar-refractivity contribution in [1.29, 1.82) is 0 Å². The third-order valence-corrected chi connectivity index (χ3v) is 4.38. The lowest BCUT2D eigenvalue weighted by Crippen LogP contribution is -2.13. The van der Waals surface area contributed by atoms with E-state index in [1.165, 1.54) is 11.3 Å². The smallest absolute Gasteiger partial charge is 0.341 e. The quantitative estimate of drug-likeness (QED) is 0.691. The Hall–Kier alpha value is -2.34. The number of ether oxygens (including phenoxy) is 2. The van der Waals surface area contributed by atoms with Gasteiger partial charge >= 0.3 is 5.97 Å². The number of carbonyl (C=O) groups excluding carboxylic acids is 2. The standard InChI is InChI=1S/C19H23NO4S/c1-4-11-24-14-9-7-13(8-10-14)15-12-25-18(20-16(21)5-2)17(15)19(22)23-6-3/h7-10,12H,4-6,11H2,1-3H3,(H,20,21). The lowest BCUT2D eigenvalue weighted by atomic mass is 10.0. The Balaban J connectivity index is 2.35. The number of thiophene rings is 1. The zero-order valence-corrected chi connectivity index (χ0v) is 15.6. The molecule has 25 heavy (non-hydrogen) atoms. The van der Waals surface area contributed by atoms with E-state index < -0.39 is 5.97 Å². The molecule has 1 heterocycles. The van der Waals surface area contributed by atoms with E-state index in [1.807, 2.05) is 29.6 Å². The van der Waals surface area contributed by atoms with Crippen LogP contribution in [0.5, 0.6) is 5.75 Å². The first kappa shape index (κ1) is 19.0. The molecular weight excluding hydrogens is 338 g/mol. The number of esters is 1. The highest BCUT2D eigenvalue weighted by Crippen LogP contribution is 2.37. The number of hydrogen-bond acceptors (Lipinski definition) is 5. The van der Waals surface area contributed by atoms with Crippen LogP contribution in [-0.2, 0) is 9.53 Å². The van der Waals surface area contributed by atoms with E-state index in [0.717, 1.165) is 23.3 Å². The van der Waals surface area contributed by atoms with Gasteiger partial charge < -0.3 is 14.8 Å². The van der Waals surface area contributed by atoms with Crippen molar-refractivity contribution in [3.8, 4) is 16.9 Å². The van der Waals surface area contributed by atoms with Gasteiger partial charge in [0, 0.05) is 17.4 Å². The summed E-state index contributed by atoms with van der Waals surface area (Å²) in [5.41, 5.74) is 2.02. The second-order valence-corrected chi connectivity index (χ2v) is 6.23. The Morgan fingerprint density at radius 1 is 1.12 bits per heavy atom. The lowest BCUT2D eigenvalue weighted by Gasteiger charge is -2.09. The summed E-state index contributed by atoms with van der Waals surface area (Å²) in [4.78, 5) is 24.1. The fraction of sp³-hybridized carbons (Fsp3) is 0.368. The van der Waals surface area contributed by atoms with Crippen molar-refractivity contribution in [2.24, 2.45) is 0 Å². The van der Waals surface area contributed by atoms with Gasteiger partial charge in [0.15, 0.2) is 0 Å². The Bertz CT molecular complexity index is 722. The van der Waals surface area contributed by atoms with Crippen LogP contribution in [0.3, 0.4) is 0 Å². The molecule has 1 aromatic heterocycles. The van der Waals surface area contributed by atoms with Crippen molar-refractivity contribution in [2.45, 2.75) is 33.6 Å². The van der Waals surface area contributed by atoms with Crippen LogP contribution >= 0.6 is 11.3 Å². The van der Waals surface area contributed by atoms with E-state index in [0.29, 0.717) is 23.6 Å². The number of amides is 1. The molecule has 0 spiro atoms. The van der Waals surface area contributed by atoms with E-state index in [-0.39, 0.29) is 12.5 Å². The summed E-state index contributed by atoms with van der Waals surface area (Å²) < 4.78 is 10.8. The summed E-state index contributed by atoms with van der Waals surface area (Å²) in [6.07, 6.45) is 1.29. The molecule has 6 heteroatoms. The molecule has 1 N–H and O–H groups in total. The average molecular weight is 361 g/mol. The Morgan fingerprint density at radius 3 is 2.44 bits per heavy atom. The van der Waals surface area contributed by atoms with Crippen LogP contribution in [0.4, 0.5) is 5.00 Å². The van der Waals surface area contributed by atoms with Gasteiger partial charge in [-0.1, -0.05) is 26.0 Å². The van der Waals surface area contributed by atoms with Crippen molar-refractivity contribution >= 4 is 28.2 Å². The highest BCUT2D eigenvalue weighted by molar-refractivity contribution is 7.15. The largest absolute Gasteiger partial charge is 0.494 e. The molecule has 134 valence electrons. The van der Waals surface area contributed by atoms with Crippen molar-refractivity contribution < 1.29 is 19.1 Å². The van der Waals surface area contributed by atoms with Crippen LogP contribution in [0, 0.1) is 0 Å². The molecule has 0 aliphatic rings. The summed E-state index contributed by atoms with van der Waals surface area (Å²) >= 11 is 1.32. The van der Waals surface area contributed by atoms with Crippen molar-refractivity contribution in [3.63, 3.8) is 0 Å². The minimum absolute atomic E-state index is 0.137. The van der Waals surface area contributed by atoms with Gasteiger partial charge in [-0.25, -0.2) is 4.79 Å². The van der Waals surface area contributed by atoms with Gasteiger partial charge in [-0.15, -0.1) is 11.3 Å². The molecule has 5 nitrogen and oxygen atoms in total. The molecule has 0 fully saturated rings. The van der Waals surface area contributed by atoms with E-state index in [4.69, 9.17) is 9.47 Å². The van der Waals surface area contributed by atoms with Crippen LogP contribution in [0.15, 0.2) is 29.6 Å². The predicted molar refractivity (Wildman–Crippen MR) is 100 cm³/mol. The fourth-order valence-corrected chi connectivity index (χ4v) is 3.21. The average Bonchev–Trinajstić information content (AvgIpc) is 3.04. The first-order chi connectivity index (χ1) is 12.1. The van der Waals surface area contributed by atoms with E-state index in [9.17, 15) is 9.59 Å². The van der Waals surface area contributed by atoms with Crippen molar-refractivity contribution in [2.75, 3.05) is 18.5 Å². The molecule has 0 aliphatic carbocycles. The molecule has 0 saturated heterocycles. The predicted octanol–water partition coefficient (Wildman–Crippen LogP) is 4.73. The lowest BCUT2D eigenvalue weighted by molar-refractivity contribution is -0.115. The van der Waals surface area contributed by atoms with Crippen LogP contribution in [0.2, 0.25) is 0 Å². The molecule has 1 amide bonds. The molecule has 0 bridgehead atoms. The number of rotatable bonds is 8. The minimum atomic E-state index is -0.434. The highest BCUT2D eigenvalue weighted by atomic mass is 32.1. The zero-order chi connectivity index (χ0) is 18.2. The third-order valence-electron chi connectivity index (χ3n) is 3.48. The summed E-state index contributed by atoms with van der Waals surface area (Å²) in [7, 11) is 0. The van der Waals surface area contributed by atoms with Crippen molar-refractivity contribution in [1.82, 2.24) is 0 Å². The number of carbonyl (C=O) groups is 2. The van der Waals surface area contributed by atoms with Crippen molar-refractivity contribution in [3.05, 3.63) is 35.2 Å². The minimum Gasteiger partial charge on any atom is -0.494 e. The molecule has 0 radical (unpaired) electrons. The second kappa shape index (κ2) is 9.22. The Labute approximate surface area is 152 Å². The normalized spacial score (nSPS) is 10.4. The molecule has 0 unspecified atom stereocenters. The fourth-order valence-electron chi connectivity index (χ4n) is 2.23. The summed E-state index contributed by atoms with van der Waals surface area (Å²) in [5, 5.41) is 5.16. The first-order valence-corrected chi connectivity index (χ1v) is 9.30. The monoisotopic (exact) mass is 361 g/mol. The number of benzene rings is 1. The maximum atomic E-state index is 12.4. The maximum absolute atomic E-state index is 12.4. The van der Waals surface area contributed by atoms with Gasteiger partial charge in [-0.2, -0.15) is 0 Å². The second-order valence-electron chi connectivity index (χ2n) is 5.35. The number of anilines is 1. The zero-order valence-electron chi connectivity index (χ0n) is 14.8. The van der Waals surface area contributed by atoms with Crippen LogP contribution in [0.25, 0.3) is 11.1 Å². The third kappa shape index (κ3) is 4.82.